The molecule has 0 unspecified atom stereocenters. The van der Waals surface area contributed by atoms with Gasteiger partial charge in [0.15, 0.2) is 6.29 Å². The molecule has 2 bridgehead atoms. The van der Waals surface area contributed by atoms with E-state index in [-0.39, 0.29) is 19.8 Å². The van der Waals surface area contributed by atoms with Crippen molar-refractivity contribution in [3.05, 3.63) is 35.9 Å². The monoisotopic (exact) mass is 581 g/mol. The predicted molar refractivity (Wildman–Crippen MR) is 136 cm³/mol. The number of benzene rings is 1. The van der Waals surface area contributed by atoms with Crippen LogP contribution < -0.4 is 10.6 Å². The van der Waals surface area contributed by atoms with E-state index in [1.807, 2.05) is 6.07 Å². The fraction of sp³-hybridized carbons (Fsp3) is 0.577. The lowest BCUT2D eigenvalue weighted by Crippen LogP contribution is -2.62. The van der Waals surface area contributed by atoms with E-state index in [9.17, 15) is 29.1 Å². The molecule has 0 aromatic heterocycles. The number of nitrogens with zero attached hydrogens (tertiary/aromatic N) is 1. The van der Waals surface area contributed by atoms with E-state index in [2.05, 4.69) is 10.6 Å². The minimum absolute atomic E-state index is 0.0500. The van der Waals surface area contributed by atoms with Gasteiger partial charge in [-0.2, -0.15) is 0 Å². The highest BCUT2D eigenvalue weighted by atomic mass is 16.7. The van der Waals surface area contributed by atoms with Crippen molar-refractivity contribution in [3.8, 4) is 0 Å². The van der Waals surface area contributed by atoms with Crippen LogP contribution in [0.4, 0.5) is 4.79 Å². The Morgan fingerprint density at radius 3 is 2.49 bits per heavy atom. The molecule has 0 radical (unpaired) electrons. The average molecular weight is 582 g/mol. The number of ether oxygens (including phenoxy) is 6. The predicted octanol–water partition coefficient (Wildman–Crippen LogP) is -0.802. The van der Waals surface area contributed by atoms with Crippen LogP contribution in [0.25, 0.3) is 0 Å². The highest BCUT2D eigenvalue weighted by molar-refractivity contribution is 5.86. The zero-order valence-corrected chi connectivity index (χ0v) is 23.1. The van der Waals surface area contributed by atoms with Crippen LogP contribution in [-0.4, -0.2) is 110 Å². The quantitative estimate of drug-likeness (QED) is 0.206. The number of carbonyl (C=O) groups excluding carboxylic acids is 5. The van der Waals surface area contributed by atoms with Crippen LogP contribution in [0.1, 0.15) is 26.3 Å². The third-order valence-corrected chi connectivity index (χ3v) is 6.22. The zero-order chi connectivity index (χ0) is 30.1. The zero-order valence-electron chi connectivity index (χ0n) is 23.1. The smallest absolute Gasteiger partial charge is 0.412 e. The van der Waals surface area contributed by atoms with Crippen LogP contribution in [0.2, 0.25) is 0 Å². The van der Waals surface area contributed by atoms with Gasteiger partial charge in [-0.1, -0.05) is 30.3 Å². The molecule has 2 aliphatic rings. The molecule has 1 aromatic carbocycles. The molecule has 0 aliphatic carbocycles. The van der Waals surface area contributed by atoms with E-state index in [1.54, 1.807) is 24.3 Å². The molecular weight excluding hydrogens is 546 g/mol. The second-order valence-electron chi connectivity index (χ2n) is 9.56. The van der Waals surface area contributed by atoms with E-state index >= 15 is 0 Å². The van der Waals surface area contributed by atoms with Crippen LogP contribution in [-0.2, 0) is 54.2 Å². The molecule has 3 rings (SSSR count). The maximum absolute atomic E-state index is 12.7. The maximum atomic E-state index is 12.7. The Morgan fingerprint density at radius 2 is 1.80 bits per heavy atom. The molecule has 226 valence electrons. The number of esters is 2. The molecule has 2 aliphatic heterocycles. The van der Waals surface area contributed by atoms with Crippen LogP contribution >= 0.6 is 0 Å². The van der Waals surface area contributed by atoms with Crippen molar-refractivity contribution in [3.63, 3.8) is 0 Å². The standard InChI is InChI=1S/C26H35N3O12/c1-14(24(34)38-13-39-26(35)29(4)10-19(31)36-11-17-8-6-5-7-9-17)27-23(33)15(2)40-22-20(28-16(3)30)25-37-12-18(41-25)21(22)32/h5-9,14-15,18,20-22,25,32H,10-13H2,1-4H3,(H,27,33)(H,28,30)/t14-,15+,18+,20+,21+,22+,25+/m0/s1. The van der Waals surface area contributed by atoms with Gasteiger partial charge in [-0.3, -0.25) is 14.4 Å². The lowest BCUT2D eigenvalue weighted by atomic mass is 9.98. The first-order valence-electron chi connectivity index (χ1n) is 12.9. The fourth-order valence-electron chi connectivity index (χ4n) is 4.04. The largest absolute Gasteiger partial charge is 0.459 e. The Hall–Kier alpha value is -3.79. The van der Waals surface area contributed by atoms with Gasteiger partial charge in [-0.05, 0) is 19.4 Å². The average Bonchev–Trinajstić information content (AvgIpc) is 3.39. The summed E-state index contributed by atoms with van der Waals surface area (Å²) in [6.07, 6.45) is -5.80. The summed E-state index contributed by atoms with van der Waals surface area (Å²) >= 11 is 0. The van der Waals surface area contributed by atoms with Gasteiger partial charge in [0.05, 0.1) is 6.61 Å². The first kappa shape index (κ1) is 31.7. The summed E-state index contributed by atoms with van der Waals surface area (Å²) in [5.41, 5.74) is 0.789. The number of rotatable bonds is 12. The minimum atomic E-state index is -1.18. The molecule has 15 nitrogen and oxygen atoms in total. The summed E-state index contributed by atoms with van der Waals surface area (Å²) in [6, 6.07) is 6.99. The van der Waals surface area contributed by atoms with Crippen molar-refractivity contribution in [2.75, 3.05) is 27.0 Å². The van der Waals surface area contributed by atoms with E-state index in [1.165, 1.54) is 27.8 Å². The molecule has 3 N–H and O–H groups in total. The first-order chi connectivity index (χ1) is 19.5. The van der Waals surface area contributed by atoms with Gasteiger partial charge in [-0.15, -0.1) is 0 Å². The Morgan fingerprint density at radius 1 is 1.10 bits per heavy atom. The number of hydrogen-bond donors (Lipinski definition) is 3. The number of likely N-dealkylation sites (N-methyl/N-ethyl adjacent to an activating group) is 1. The molecule has 2 heterocycles. The number of fused-ring (bicyclic) bond motifs is 2. The number of aliphatic hydroxyl groups excluding tert-OH is 1. The van der Waals surface area contributed by atoms with E-state index in [0.29, 0.717) is 0 Å². The van der Waals surface area contributed by atoms with Crippen LogP contribution in [0.5, 0.6) is 0 Å². The van der Waals surface area contributed by atoms with Crippen LogP contribution in [0, 0.1) is 0 Å². The highest BCUT2D eigenvalue weighted by Gasteiger charge is 2.52. The lowest BCUT2D eigenvalue weighted by molar-refractivity contribution is -0.210. The molecule has 2 fully saturated rings. The molecule has 1 aromatic rings. The maximum Gasteiger partial charge on any atom is 0.412 e. The molecule has 2 saturated heterocycles. The molecule has 3 amide bonds. The minimum Gasteiger partial charge on any atom is -0.459 e. The number of carbonyl (C=O) groups is 5. The second kappa shape index (κ2) is 14.7. The summed E-state index contributed by atoms with van der Waals surface area (Å²) in [4.78, 5) is 61.5. The fourth-order valence-corrected chi connectivity index (χ4v) is 4.04. The number of hydrogen-bond acceptors (Lipinski definition) is 12. The third-order valence-electron chi connectivity index (χ3n) is 6.22. The van der Waals surface area contributed by atoms with E-state index < -0.39 is 79.4 Å². The van der Waals surface area contributed by atoms with E-state index in [0.717, 1.165) is 10.5 Å². The Balaban J connectivity index is 1.38. The van der Waals surface area contributed by atoms with Gasteiger partial charge in [0, 0.05) is 14.0 Å². The van der Waals surface area contributed by atoms with Crippen molar-refractivity contribution < 1.29 is 57.5 Å². The normalized spacial score (nSPS) is 24.4. The van der Waals surface area contributed by atoms with Gasteiger partial charge < -0.3 is 49.1 Å². The van der Waals surface area contributed by atoms with Gasteiger partial charge in [0.2, 0.25) is 18.6 Å². The molecule has 0 saturated carbocycles. The van der Waals surface area contributed by atoms with Gasteiger partial charge in [0.1, 0.15) is 49.7 Å². The molecule has 0 spiro atoms. The van der Waals surface area contributed by atoms with Crippen LogP contribution in [0.15, 0.2) is 30.3 Å². The third kappa shape index (κ3) is 9.11. The number of amides is 3. The molecular formula is C26H35N3O12. The number of aliphatic hydroxyl groups is 1. The topological polar surface area (TPSA) is 188 Å². The summed E-state index contributed by atoms with van der Waals surface area (Å²) in [7, 11) is 1.31. The lowest BCUT2D eigenvalue weighted by Gasteiger charge is -2.39. The summed E-state index contributed by atoms with van der Waals surface area (Å²) in [5, 5.41) is 15.6. The Labute approximate surface area is 236 Å². The highest BCUT2D eigenvalue weighted by Crippen LogP contribution is 2.30. The molecule has 15 heteroatoms. The van der Waals surface area contributed by atoms with Crippen molar-refractivity contribution in [1.82, 2.24) is 15.5 Å². The number of nitrogens with one attached hydrogen (secondary N) is 2. The Bertz CT molecular complexity index is 1090. The molecule has 41 heavy (non-hydrogen) atoms. The van der Waals surface area contributed by atoms with Crippen molar-refractivity contribution >= 4 is 29.8 Å². The van der Waals surface area contributed by atoms with Gasteiger partial charge in [0.25, 0.3) is 0 Å². The summed E-state index contributed by atoms with van der Waals surface area (Å²) in [6.45, 7) is 3.04. The van der Waals surface area contributed by atoms with Crippen LogP contribution in [0.3, 0.4) is 0 Å². The van der Waals surface area contributed by atoms with E-state index in [4.69, 9.17) is 28.4 Å². The van der Waals surface area contributed by atoms with Crippen molar-refractivity contribution in [2.45, 2.75) is 70.2 Å². The summed E-state index contributed by atoms with van der Waals surface area (Å²) < 4.78 is 31.5. The first-order valence-corrected chi connectivity index (χ1v) is 12.9. The van der Waals surface area contributed by atoms with Gasteiger partial charge in [-0.25, -0.2) is 9.59 Å². The summed E-state index contributed by atoms with van der Waals surface area (Å²) in [5.74, 6) is -2.67. The van der Waals surface area contributed by atoms with Gasteiger partial charge >= 0.3 is 18.0 Å². The SMILES string of the molecule is CC(=O)N[C@H]1[C@@H]2OC[C@@H](O2)[C@@H](O)[C@@H]1O[C@H](C)C(=O)N[C@@H](C)C(=O)OCOC(=O)N(C)CC(=O)OCc1ccccc1. The van der Waals surface area contributed by atoms with Crippen molar-refractivity contribution in [2.24, 2.45) is 0 Å². The molecule has 7 atom stereocenters. The van der Waals surface area contributed by atoms with Crippen molar-refractivity contribution in [1.29, 1.82) is 0 Å². The Kier molecular flexibility index (Phi) is 11.4. The second-order valence-corrected chi connectivity index (χ2v) is 9.56.